The Morgan fingerprint density at radius 1 is 1.11 bits per heavy atom. The molecule has 6 nitrogen and oxygen atoms in total. The third-order valence-corrected chi connectivity index (χ3v) is 3.89. The SMILES string of the molecule is Nc1cc(N2CCC(N3CCCC3)C2)nc(N)n1. The molecular weight excluding hydrogens is 228 g/mol. The van der Waals surface area contributed by atoms with Gasteiger partial charge < -0.3 is 16.4 Å². The van der Waals surface area contributed by atoms with E-state index in [9.17, 15) is 0 Å². The van der Waals surface area contributed by atoms with E-state index in [0.717, 1.165) is 18.9 Å². The molecule has 1 atom stereocenters. The lowest BCUT2D eigenvalue weighted by atomic mass is 10.2. The van der Waals surface area contributed by atoms with Crippen LogP contribution in [0.25, 0.3) is 0 Å². The summed E-state index contributed by atoms with van der Waals surface area (Å²) in [6.45, 7) is 4.53. The van der Waals surface area contributed by atoms with Crippen LogP contribution in [-0.2, 0) is 0 Å². The minimum absolute atomic E-state index is 0.259. The maximum Gasteiger partial charge on any atom is 0.223 e. The molecule has 1 aromatic rings. The van der Waals surface area contributed by atoms with Crippen molar-refractivity contribution in [1.29, 1.82) is 0 Å². The number of rotatable bonds is 2. The van der Waals surface area contributed by atoms with Gasteiger partial charge in [0.2, 0.25) is 5.95 Å². The van der Waals surface area contributed by atoms with Gasteiger partial charge in [-0.1, -0.05) is 0 Å². The Balaban J connectivity index is 1.70. The molecule has 2 aliphatic heterocycles. The first-order chi connectivity index (χ1) is 8.72. The van der Waals surface area contributed by atoms with Crippen LogP contribution in [0, 0.1) is 0 Å². The van der Waals surface area contributed by atoms with Crippen molar-refractivity contribution >= 4 is 17.6 Å². The van der Waals surface area contributed by atoms with Crippen molar-refractivity contribution in [2.45, 2.75) is 25.3 Å². The molecule has 0 bridgehead atoms. The lowest BCUT2D eigenvalue weighted by Crippen LogP contribution is -2.35. The predicted molar refractivity (Wildman–Crippen MR) is 72.3 cm³/mol. The third kappa shape index (κ3) is 2.20. The van der Waals surface area contributed by atoms with Gasteiger partial charge in [0.25, 0.3) is 0 Å². The standard InChI is InChI=1S/C12H20N6/c13-10-7-11(16-12(14)15-10)18-6-3-9(8-18)17-4-1-2-5-17/h7,9H,1-6,8H2,(H4,13,14,15,16). The molecule has 1 aromatic heterocycles. The summed E-state index contributed by atoms with van der Waals surface area (Å²) < 4.78 is 0. The Hall–Kier alpha value is -1.56. The summed E-state index contributed by atoms with van der Waals surface area (Å²) >= 11 is 0. The van der Waals surface area contributed by atoms with Crippen molar-refractivity contribution < 1.29 is 0 Å². The highest BCUT2D eigenvalue weighted by molar-refractivity contribution is 5.51. The van der Waals surface area contributed by atoms with Crippen molar-refractivity contribution in [3.05, 3.63) is 6.07 Å². The van der Waals surface area contributed by atoms with Crippen LogP contribution in [0.1, 0.15) is 19.3 Å². The largest absolute Gasteiger partial charge is 0.383 e. The number of nitrogen functional groups attached to an aromatic ring is 2. The average Bonchev–Trinajstić information content (AvgIpc) is 2.99. The van der Waals surface area contributed by atoms with Crippen LogP contribution < -0.4 is 16.4 Å². The second kappa shape index (κ2) is 4.61. The van der Waals surface area contributed by atoms with E-state index >= 15 is 0 Å². The number of anilines is 3. The first kappa shape index (κ1) is 11.5. The minimum atomic E-state index is 0.259. The topological polar surface area (TPSA) is 84.3 Å². The van der Waals surface area contributed by atoms with E-state index in [2.05, 4.69) is 19.8 Å². The second-order valence-corrected chi connectivity index (χ2v) is 5.14. The summed E-state index contributed by atoms with van der Waals surface area (Å²) in [7, 11) is 0. The molecule has 18 heavy (non-hydrogen) atoms. The molecule has 2 fully saturated rings. The van der Waals surface area contributed by atoms with Gasteiger partial charge in [-0.15, -0.1) is 0 Å². The van der Waals surface area contributed by atoms with Gasteiger partial charge in [-0.05, 0) is 32.4 Å². The van der Waals surface area contributed by atoms with E-state index in [1.807, 2.05) is 6.07 Å². The Kier molecular flexibility index (Phi) is 2.95. The van der Waals surface area contributed by atoms with E-state index in [-0.39, 0.29) is 5.95 Å². The average molecular weight is 248 g/mol. The fourth-order valence-corrected chi connectivity index (χ4v) is 2.99. The summed E-state index contributed by atoms with van der Waals surface area (Å²) in [5.41, 5.74) is 11.4. The normalized spacial score (nSPS) is 24.9. The van der Waals surface area contributed by atoms with Gasteiger partial charge in [0, 0.05) is 25.2 Å². The Morgan fingerprint density at radius 3 is 2.61 bits per heavy atom. The molecule has 2 aliphatic rings. The van der Waals surface area contributed by atoms with Crippen molar-refractivity contribution in [1.82, 2.24) is 14.9 Å². The number of likely N-dealkylation sites (tertiary alicyclic amines) is 1. The lowest BCUT2D eigenvalue weighted by molar-refractivity contribution is 0.260. The van der Waals surface area contributed by atoms with Crippen LogP contribution in [0.5, 0.6) is 0 Å². The molecule has 0 amide bonds. The van der Waals surface area contributed by atoms with E-state index in [1.165, 1.54) is 32.4 Å². The van der Waals surface area contributed by atoms with Gasteiger partial charge >= 0.3 is 0 Å². The lowest BCUT2D eigenvalue weighted by Gasteiger charge is -2.24. The second-order valence-electron chi connectivity index (χ2n) is 5.14. The Labute approximate surface area is 107 Å². The van der Waals surface area contributed by atoms with Crippen LogP contribution in [0.4, 0.5) is 17.6 Å². The number of nitrogens with zero attached hydrogens (tertiary/aromatic N) is 4. The van der Waals surface area contributed by atoms with Gasteiger partial charge in [0.05, 0.1) is 0 Å². The van der Waals surface area contributed by atoms with Crippen LogP contribution in [0.2, 0.25) is 0 Å². The zero-order valence-electron chi connectivity index (χ0n) is 10.5. The summed E-state index contributed by atoms with van der Waals surface area (Å²) in [5.74, 6) is 1.57. The van der Waals surface area contributed by atoms with Crippen molar-refractivity contribution in [2.24, 2.45) is 0 Å². The Morgan fingerprint density at radius 2 is 1.89 bits per heavy atom. The third-order valence-electron chi connectivity index (χ3n) is 3.89. The summed E-state index contributed by atoms with van der Waals surface area (Å²) in [6.07, 6.45) is 3.87. The van der Waals surface area contributed by atoms with Crippen molar-refractivity contribution in [3.8, 4) is 0 Å². The van der Waals surface area contributed by atoms with Gasteiger partial charge in [-0.2, -0.15) is 9.97 Å². The fraction of sp³-hybridized carbons (Fsp3) is 0.667. The van der Waals surface area contributed by atoms with Crippen molar-refractivity contribution in [2.75, 3.05) is 42.5 Å². The molecule has 0 saturated carbocycles. The molecule has 0 radical (unpaired) electrons. The molecular formula is C12H20N6. The molecule has 1 unspecified atom stereocenters. The highest BCUT2D eigenvalue weighted by Crippen LogP contribution is 2.25. The molecule has 3 heterocycles. The summed E-state index contributed by atoms with van der Waals surface area (Å²) in [6, 6.07) is 2.47. The van der Waals surface area contributed by atoms with Gasteiger partial charge in [0.15, 0.2) is 0 Å². The molecule has 3 rings (SSSR count). The molecule has 2 saturated heterocycles. The maximum atomic E-state index is 5.72. The zero-order chi connectivity index (χ0) is 12.5. The number of nitrogens with two attached hydrogens (primary N) is 2. The fourth-order valence-electron chi connectivity index (χ4n) is 2.99. The van der Waals surface area contributed by atoms with Crippen LogP contribution >= 0.6 is 0 Å². The minimum Gasteiger partial charge on any atom is -0.383 e. The first-order valence-electron chi connectivity index (χ1n) is 6.61. The van der Waals surface area contributed by atoms with Gasteiger partial charge in [-0.25, -0.2) is 0 Å². The monoisotopic (exact) mass is 248 g/mol. The molecule has 4 N–H and O–H groups in total. The highest BCUT2D eigenvalue weighted by atomic mass is 15.3. The predicted octanol–water partition coefficient (Wildman–Crippen LogP) is 0.315. The number of hydrogen-bond donors (Lipinski definition) is 2. The molecule has 0 spiro atoms. The van der Waals surface area contributed by atoms with Crippen LogP contribution in [-0.4, -0.2) is 47.1 Å². The van der Waals surface area contributed by atoms with Crippen LogP contribution in [0.15, 0.2) is 6.07 Å². The molecule has 0 aliphatic carbocycles. The van der Waals surface area contributed by atoms with E-state index in [0.29, 0.717) is 11.9 Å². The molecule has 6 heteroatoms. The van der Waals surface area contributed by atoms with E-state index in [1.54, 1.807) is 0 Å². The zero-order valence-corrected chi connectivity index (χ0v) is 10.5. The maximum absolute atomic E-state index is 5.72. The number of aromatic nitrogens is 2. The summed E-state index contributed by atoms with van der Waals surface area (Å²) in [5, 5.41) is 0. The van der Waals surface area contributed by atoms with Crippen LogP contribution in [0.3, 0.4) is 0 Å². The summed E-state index contributed by atoms with van der Waals surface area (Å²) in [4.78, 5) is 13.0. The first-order valence-corrected chi connectivity index (χ1v) is 6.61. The quantitative estimate of drug-likeness (QED) is 0.784. The smallest absolute Gasteiger partial charge is 0.223 e. The highest BCUT2D eigenvalue weighted by Gasteiger charge is 2.30. The van der Waals surface area contributed by atoms with E-state index in [4.69, 9.17) is 11.5 Å². The molecule has 0 aromatic carbocycles. The number of hydrogen-bond acceptors (Lipinski definition) is 6. The molecule has 98 valence electrons. The Bertz CT molecular complexity index is 408. The van der Waals surface area contributed by atoms with Gasteiger partial charge in [0.1, 0.15) is 11.6 Å². The van der Waals surface area contributed by atoms with Crippen molar-refractivity contribution in [3.63, 3.8) is 0 Å². The van der Waals surface area contributed by atoms with Gasteiger partial charge in [-0.3, -0.25) is 4.90 Å². The van der Waals surface area contributed by atoms with E-state index < -0.39 is 0 Å².